The summed E-state index contributed by atoms with van der Waals surface area (Å²) in [6, 6.07) is 13.2. The highest BCUT2D eigenvalue weighted by molar-refractivity contribution is 5.93. The minimum atomic E-state index is -0.316. The zero-order valence-electron chi connectivity index (χ0n) is 14.0. The summed E-state index contributed by atoms with van der Waals surface area (Å²) in [6.45, 7) is 0. The van der Waals surface area contributed by atoms with Gasteiger partial charge in [0.1, 0.15) is 11.8 Å². The molecule has 1 aliphatic rings. The van der Waals surface area contributed by atoms with Crippen LogP contribution in [-0.4, -0.2) is 27.1 Å². The number of rotatable bonds is 4. The fourth-order valence-electron chi connectivity index (χ4n) is 3.44. The third-order valence-corrected chi connectivity index (χ3v) is 4.94. The maximum atomic E-state index is 12.6. The molecule has 4 rings (SSSR count). The molecule has 0 saturated heterocycles. The summed E-state index contributed by atoms with van der Waals surface area (Å²) < 4.78 is 0. The fourth-order valence-corrected chi connectivity index (χ4v) is 3.44. The summed E-state index contributed by atoms with van der Waals surface area (Å²) in [6.07, 6.45) is 4.27. The molecule has 1 aliphatic carbocycles. The van der Waals surface area contributed by atoms with E-state index in [0.29, 0.717) is 24.1 Å². The number of carbonyl (C=O) groups is 1. The molecule has 3 aromatic rings. The Bertz CT molecular complexity index is 998. The van der Waals surface area contributed by atoms with Crippen LogP contribution in [0.2, 0.25) is 0 Å². The van der Waals surface area contributed by atoms with Crippen LogP contribution in [-0.2, 0) is 0 Å². The Morgan fingerprint density at radius 3 is 2.88 bits per heavy atom. The minimum Gasteiger partial charge on any atom is -0.393 e. The normalized spacial score (nSPS) is 20.2. The lowest BCUT2D eigenvalue weighted by Crippen LogP contribution is -2.41. The number of nitrogens with zero attached hydrogens (tertiary/aromatic N) is 2. The van der Waals surface area contributed by atoms with E-state index in [1.807, 2.05) is 36.4 Å². The number of aliphatic hydroxyl groups is 1. The zero-order valence-corrected chi connectivity index (χ0v) is 14.0. The van der Waals surface area contributed by atoms with Crippen LogP contribution >= 0.6 is 0 Å². The number of hydrogen-bond donors (Lipinski definition) is 3. The summed E-state index contributed by atoms with van der Waals surface area (Å²) in [4.78, 5) is 19.9. The molecule has 6 heteroatoms. The number of H-pyrrole nitrogens is 1. The highest BCUT2D eigenvalue weighted by Gasteiger charge is 2.36. The molecule has 1 fully saturated rings. The Morgan fingerprint density at radius 1 is 1.35 bits per heavy atom. The van der Waals surface area contributed by atoms with E-state index < -0.39 is 0 Å². The van der Waals surface area contributed by atoms with Crippen molar-refractivity contribution >= 4 is 16.8 Å². The maximum absolute atomic E-state index is 12.6. The van der Waals surface area contributed by atoms with Crippen molar-refractivity contribution in [2.75, 3.05) is 0 Å². The second kappa shape index (κ2) is 6.62. The van der Waals surface area contributed by atoms with Crippen molar-refractivity contribution in [3.8, 4) is 6.07 Å². The Labute approximate surface area is 150 Å². The number of aromatic nitrogens is 2. The number of aliphatic hydroxyl groups excluding tert-OH is 1. The highest BCUT2D eigenvalue weighted by Crippen LogP contribution is 2.38. The summed E-state index contributed by atoms with van der Waals surface area (Å²) in [7, 11) is 0. The molecular weight excluding hydrogens is 328 g/mol. The first-order chi connectivity index (χ1) is 12.6. The molecule has 0 unspecified atom stereocenters. The third-order valence-electron chi connectivity index (χ3n) is 4.94. The van der Waals surface area contributed by atoms with E-state index in [2.05, 4.69) is 15.3 Å². The summed E-state index contributed by atoms with van der Waals surface area (Å²) in [5.74, 6) is -0.117. The van der Waals surface area contributed by atoms with E-state index >= 15 is 0 Å². The number of pyridine rings is 1. The lowest BCUT2D eigenvalue weighted by Gasteiger charge is -2.38. The molecule has 0 radical (unpaired) electrons. The average molecular weight is 346 g/mol. The predicted molar refractivity (Wildman–Crippen MR) is 96.2 cm³/mol. The molecule has 1 atom stereocenters. The molecule has 1 amide bonds. The Kier molecular flexibility index (Phi) is 4.15. The number of amides is 1. The van der Waals surface area contributed by atoms with Gasteiger partial charge >= 0.3 is 0 Å². The van der Waals surface area contributed by atoms with Gasteiger partial charge in [0.05, 0.1) is 23.2 Å². The van der Waals surface area contributed by atoms with E-state index in [4.69, 9.17) is 5.26 Å². The molecule has 130 valence electrons. The Hall–Kier alpha value is -3.17. The molecule has 0 bridgehead atoms. The topological polar surface area (TPSA) is 102 Å². The van der Waals surface area contributed by atoms with Crippen molar-refractivity contribution in [3.05, 3.63) is 65.6 Å². The van der Waals surface area contributed by atoms with Crippen molar-refractivity contribution < 1.29 is 9.90 Å². The van der Waals surface area contributed by atoms with Gasteiger partial charge in [-0.25, -0.2) is 0 Å². The first kappa shape index (κ1) is 16.3. The number of fused-ring (bicyclic) bond motifs is 1. The monoisotopic (exact) mass is 346 g/mol. The van der Waals surface area contributed by atoms with Gasteiger partial charge in [0, 0.05) is 17.8 Å². The molecule has 26 heavy (non-hydrogen) atoms. The van der Waals surface area contributed by atoms with Crippen LogP contribution in [0, 0.1) is 17.2 Å². The molecule has 1 aromatic carbocycles. The summed E-state index contributed by atoms with van der Waals surface area (Å²) in [5, 5.41) is 22.7. The van der Waals surface area contributed by atoms with E-state index in [0.717, 1.165) is 16.5 Å². The number of hydrogen-bond acceptors (Lipinski definition) is 4. The van der Waals surface area contributed by atoms with E-state index in [9.17, 15) is 9.90 Å². The van der Waals surface area contributed by atoms with Crippen molar-refractivity contribution in [2.45, 2.75) is 25.0 Å². The van der Waals surface area contributed by atoms with Gasteiger partial charge in [-0.3, -0.25) is 9.78 Å². The molecule has 0 spiro atoms. The average Bonchev–Trinajstić information content (AvgIpc) is 3.13. The number of nitriles is 1. The van der Waals surface area contributed by atoms with Gasteiger partial charge < -0.3 is 15.4 Å². The van der Waals surface area contributed by atoms with Crippen molar-refractivity contribution in [2.24, 2.45) is 5.92 Å². The van der Waals surface area contributed by atoms with Crippen LogP contribution in [0.4, 0.5) is 0 Å². The zero-order chi connectivity index (χ0) is 18.1. The van der Waals surface area contributed by atoms with Crippen LogP contribution in [0.3, 0.4) is 0 Å². The van der Waals surface area contributed by atoms with Crippen LogP contribution in [0.5, 0.6) is 0 Å². The van der Waals surface area contributed by atoms with Gasteiger partial charge in [-0.05, 0) is 42.5 Å². The largest absolute Gasteiger partial charge is 0.393 e. The van der Waals surface area contributed by atoms with Gasteiger partial charge in [0.25, 0.3) is 5.91 Å². The molecular formula is C20H18N4O2. The molecule has 1 saturated carbocycles. The van der Waals surface area contributed by atoms with E-state index in [1.165, 1.54) is 12.3 Å². The van der Waals surface area contributed by atoms with Crippen molar-refractivity contribution in [1.82, 2.24) is 15.3 Å². The van der Waals surface area contributed by atoms with E-state index in [-0.39, 0.29) is 24.0 Å². The standard InChI is InChI=1S/C20H18N4O2/c21-9-12-5-18(22-10-12)20(26)24-19(14-7-16(25)8-14)15-6-13-3-1-2-4-17(13)23-11-15/h1-6,10-11,14,16,19,22,25H,7-8H2,(H,24,26)/t14?,16?,19-/m0/s1. The van der Waals surface area contributed by atoms with Gasteiger partial charge in [0.2, 0.25) is 0 Å². The third kappa shape index (κ3) is 3.05. The smallest absolute Gasteiger partial charge is 0.268 e. The van der Waals surface area contributed by atoms with E-state index in [1.54, 1.807) is 6.20 Å². The fraction of sp³-hybridized carbons (Fsp3) is 0.250. The summed E-state index contributed by atoms with van der Waals surface area (Å²) >= 11 is 0. The SMILES string of the molecule is N#Cc1c[nH]c(C(=O)N[C@H](c2cnc3ccccc3c2)C2CC(O)C2)c1. The number of aromatic amines is 1. The number of nitrogens with one attached hydrogen (secondary N) is 2. The van der Waals surface area contributed by atoms with Crippen molar-refractivity contribution in [1.29, 1.82) is 5.26 Å². The second-order valence-corrected chi connectivity index (χ2v) is 6.71. The van der Waals surface area contributed by atoms with Crippen LogP contribution in [0.25, 0.3) is 10.9 Å². The van der Waals surface area contributed by atoms with Gasteiger partial charge in [-0.2, -0.15) is 5.26 Å². The maximum Gasteiger partial charge on any atom is 0.268 e. The Balaban J connectivity index is 1.63. The second-order valence-electron chi connectivity index (χ2n) is 6.71. The van der Waals surface area contributed by atoms with Gasteiger partial charge in [-0.15, -0.1) is 0 Å². The molecule has 0 aliphatic heterocycles. The molecule has 2 aromatic heterocycles. The van der Waals surface area contributed by atoms with Crippen LogP contribution < -0.4 is 5.32 Å². The van der Waals surface area contributed by atoms with Crippen LogP contribution in [0.15, 0.2) is 48.8 Å². The predicted octanol–water partition coefficient (Wildman–Crippen LogP) is 2.68. The minimum absolute atomic E-state index is 0.155. The van der Waals surface area contributed by atoms with Crippen molar-refractivity contribution in [3.63, 3.8) is 0 Å². The van der Waals surface area contributed by atoms with Gasteiger partial charge in [0.15, 0.2) is 0 Å². The highest BCUT2D eigenvalue weighted by atomic mass is 16.3. The molecule has 2 heterocycles. The Morgan fingerprint density at radius 2 is 2.15 bits per heavy atom. The quantitative estimate of drug-likeness (QED) is 0.676. The number of benzene rings is 1. The summed E-state index contributed by atoms with van der Waals surface area (Å²) in [5.41, 5.74) is 2.58. The number of para-hydroxylation sites is 1. The number of carbonyl (C=O) groups excluding carboxylic acids is 1. The first-order valence-electron chi connectivity index (χ1n) is 8.56. The molecule has 6 nitrogen and oxygen atoms in total. The molecule has 3 N–H and O–H groups in total. The first-order valence-corrected chi connectivity index (χ1v) is 8.56. The van der Waals surface area contributed by atoms with Crippen LogP contribution in [0.1, 0.15) is 40.5 Å². The lowest BCUT2D eigenvalue weighted by atomic mass is 9.75. The van der Waals surface area contributed by atoms with Gasteiger partial charge in [-0.1, -0.05) is 18.2 Å². The lowest BCUT2D eigenvalue weighted by molar-refractivity contribution is 0.0234.